The summed E-state index contributed by atoms with van der Waals surface area (Å²) in [5, 5.41) is 2.48. The maximum atomic E-state index is 6.87. The van der Waals surface area contributed by atoms with E-state index < -0.39 is 5.66 Å². The van der Waals surface area contributed by atoms with E-state index in [1.165, 1.54) is 55.2 Å². The number of hydrogen-bond acceptors (Lipinski definition) is 2. The minimum atomic E-state index is -0.719. The molecular weight excluding hydrogens is 615 g/mol. The smallest absolute Gasteiger partial charge is 0.397 e. The SMILES string of the molecule is Cc1cc(-c2ccccn2)cc(C)c1-c1cn2[n+](c1)C13c4c(cccc4-2)Oc2ccc4c5ccccc5n(c4c21)-c1cc(C(C)(C)C)cc[n+]13. The summed E-state index contributed by atoms with van der Waals surface area (Å²) in [6, 6.07) is 35.1. The number of benzene rings is 4. The Morgan fingerprint density at radius 2 is 1.56 bits per heavy atom. The average molecular weight is 650 g/mol. The molecule has 1 spiro atoms. The highest BCUT2D eigenvalue weighted by atomic mass is 16.5. The molecule has 0 saturated heterocycles. The molecule has 0 radical (unpaired) electrons. The summed E-state index contributed by atoms with van der Waals surface area (Å²) >= 11 is 0. The van der Waals surface area contributed by atoms with Crippen LogP contribution in [-0.4, -0.2) is 14.2 Å². The van der Waals surface area contributed by atoms with Crippen LogP contribution >= 0.6 is 0 Å². The van der Waals surface area contributed by atoms with E-state index in [0.29, 0.717) is 0 Å². The summed E-state index contributed by atoms with van der Waals surface area (Å²) in [4.78, 5) is 4.64. The van der Waals surface area contributed by atoms with E-state index in [2.05, 4.69) is 162 Å². The second-order valence-corrected chi connectivity index (χ2v) is 15.1. The van der Waals surface area contributed by atoms with Gasteiger partial charge in [-0.25, -0.2) is 0 Å². The molecule has 0 saturated carbocycles. The molecule has 8 aromatic rings. The highest BCUT2D eigenvalue weighted by Gasteiger charge is 2.68. The lowest BCUT2D eigenvalue weighted by molar-refractivity contribution is -0.993. The molecule has 7 heterocycles. The lowest BCUT2D eigenvalue weighted by atomic mass is 9.83. The summed E-state index contributed by atoms with van der Waals surface area (Å²) in [5.41, 5.74) is 13.4. The van der Waals surface area contributed by atoms with Crippen molar-refractivity contribution in [1.82, 2.24) is 14.2 Å². The summed E-state index contributed by atoms with van der Waals surface area (Å²) in [6.45, 7) is 11.3. The predicted octanol–water partition coefficient (Wildman–Crippen LogP) is 8.82. The molecular formula is C44H35N5O+2. The van der Waals surface area contributed by atoms with Crippen LogP contribution in [-0.2, 0) is 11.1 Å². The van der Waals surface area contributed by atoms with E-state index in [1.807, 2.05) is 18.3 Å². The van der Waals surface area contributed by atoms with E-state index in [4.69, 9.17) is 4.74 Å². The first-order valence-electron chi connectivity index (χ1n) is 17.4. The fourth-order valence-electron chi connectivity index (χ4n) is 9.15. The maximum Gasteiger partial charge on any atom is 0.397 e. The van der Waals surface area contributed by atoms with Crippen molar-refractivity contribution in [2.45, 2.75) is 45.7 Å². The molecule has 1 unspecified atom stereocenters. The van der Waals surface area contributed by atoms with Crippen LogP contribution in [0.5, 0.6) is 11.5 Å². The van der Waals surface area contributed by atoms with Gasteiger partial charge in [-0.2, -0.15) is 9.13 Å². The summed E-state index contributed by atoms with van der Waals surface area (Å²) < 4.78 is 16.7. The molecule has 0 N–H and O–H groups in total. The largest absolute Gasteiger partial charge is 0.456 e. The molecule has 0 amide bonds. The van der Waals surface area contributed by atoms with Gasteiger partial charge in [0.2, 0.25) is 6.20 Å². The second kappa shape index (κ2) is 9.16. The summed E-state index contributed by atoms with van der Waals surface area (Å²) in [5.74, 6) is 2.92. The number of rotatable bonds is 2. The average Bonchev–Trinajstić information content (AvgIpc) is 3.77. The highest BCUT2D eigenvalue weighted by molar-refractivity contribution is 6.11. The molecule has 240 valence electrons. The molecule has 0 bridgehead atoms. The number of pyridine rings is 2. The molecule has 50 heavy (non-hydrogen) atoms. The van der Waals surface area contributed by atoms with Gasteiger partial charge >= 0.3 is 5.66 Å². The first-order chi connectivity index (χ1) is 24.2. The van der Waals surface area contributed by atoms with Gasteiger partial charge in [-0.3, -0.25) is 4.98 Å². The fourth-order valence-corrected chi connectivity index (χ4v) is 9.15. The van der Waals surface area contributed by atoms with E-state index in [-0.39, 0.29) is 5.41 Å². The lowest BCUT2D eigenvalue weighted by Gasteiger charge is -2.33. The van der Waals surface area contributed by atoms with Gasteiger partial charge in [-0.05, 0) is 108 Å². The van der Waals surface area contributed by atoms with Crippen LogP contribution in [0.3, 0.4) is 0 Å². The highest BCUT2D eigenvalue weighted by Crippen LogP contribution is 2.55. The zero-order valence-corrected chi connectivity index (χ0v) is 28.7. The van der Waals surface area contributed by atoms with Crippen molar-refractivity contribution in [2.75, 3.05) is 0 Å². The number of hydrogen-bond donors (Lipinski definition) is 0. The molecule has 1 atom stereocenters. The topological polar surface area (TPSA) is 39.7 Å². The van der Waals surface area contributed by atoms with Gasteiger partial charge in [0.05, 0.1) is 23.7 Å². The van der Waals surface area contributed by atoms with Crippen LogP contribution in [0.15, 0.2) is 122 Å². The number of ether oxygens (including phenoxy) is 1. The van der Waals surface area contributed by atoms with E-state index in [9.17, 15) is 0 Å². The van der Waals surface area contributed by atoms with Crippen LogP contribution in [0.1, 0.15) is 48.6 Å². The Balaban J connectivity index is 1.27. The van der Waals surface area contributed by atoms with Crippen LogP contribution < -0.4 is 14.0 Å². The third kappa shape index (κ3) is 3.27. The van der Waals surface area contributed by atoms with Crippen LogP contribution in [0.25, 0.3) is 55.7 Å². The molecule has 4 aromatic carbocycles. The van der Waals surface area contributed by atoms with Crippen molar-refractivity contribution in [2.24, 2.45) is 0 Å². The maximum absolute atomic E-state index is 6.87. The molecule has 6 nitrogen and oxygen atoms in total. The molecule has 4 aromatic heterocycles. The number of aromatic nitrogens is 5. The van der Waals surface area contributed by atoms with Crippen molar-refractivity contribution in [3.05, 3.63) is 150 Å². The predicted molar refractivity (Wildman–Crippen MR) is 195 cm³/mol. The molecule has 3 aliphatic rings. The van der Waals surface area contributed by atoms with Crippen molar-refractivity contribution < 1.29 is 14.0 Å². The molecule has 3 aliphatic heterocycles. The van der Waals surface area contributed by atoms with Gasteiger partial charge in [0, 0.05) is 28.6 Å². The fraction of sp³-hybridized carbons (Fsp3) is 0.159. The molecule has 0 aliphatic carbocycles. The zero-order valence-electron chi connectivity index (χ0n) is 28.7. The van der Waals surface area contributed by atoms with Gasteiger partial charge < -0.3 is 4.74 Å². The first kappa shape index (κ1) is 27.9. The third-order valence-electron chi connectivity index (χ3n) is 11.2. The van der Waals surface area contributed by atoms with Gasteiger partial charge in [0.1, 0.15) is 28.3 Å². The van der Waals surface area contributed by atoms with Gasteiger partial charge in [0.15, 0.2) is 11.1 Å². The van der Waals surface area contributed by atoms with Crippen molar-refractivity contribution in [1.29, 1.82) is 0 Å². The number of fused-ring (bicyclic) bond motifs is 7. The zero-order chi connectivity index (χ0) is 33.7. The van der Waals surface area contributed by atoms with Gasteiger partial charge in [-0.1, -0.05) is 49.7 Å². The Hall–Kier alpha value is -6.01. The van der Waals surface area contributed by atoms with Crippen LogP contribution in [0, 0.1) is 13.8 Å². The number of aryl methyl sites for hydroxylation is 2. The van der Waals surface area contributed by atoms with E-state index in [0.717, 1.165) is 39.8 Å². The Morgan fingerprint density at radius 3 is 2.36 bits per heavy atom. The second-order valence-electron chi connectivity index (χ2n) is 15.1. The van der Waals surface area contributed by atoms with E-state index in [1.54, 1.807) is 0 Å². The molecule has 6 heteroatoms. The summed E-state index contributed by atoms with van der Waals surface area (Å²) in [6.07, 6.45) is 8.85. The Labute approximate surface area is 290 Å². The standard InChI is InChI=1S/C44H35N5O/c1-26-21-28(33-12-8-9-19-45-33)22-27(2)39(26)29-24-47-35-14-10-15-36-40(35)44(48(47)25-29)41-37(50-36)17-16-32-31-11-6-7-13-34(31)49(42(32)41)38-23-30(43(3,4)5)18-20-46(38)44/h6-25H,1-5H3/q+2. The van der Waals surface area contributed by atoms with Crippen molar-refractivity contribution >= 4 is 21.8 Å². The van der Waals surface area contributed by atoms with Crippen LogP contribution in [0.4, 0.5) is 0 Å². The third-order valence-corrected chi connectivity index (χ3v) is 11.2. The first-order valence-corrected chi connectivity index (χ1v) is 17.4. The molecule has 0 fully saturated rings. The minimum Gasteiger partial charge on any atom is -0.456 e. The van der Waals surface area contributed by atoms with Crippen molar-refractivity contribution in [3.8, 4) is 45.4 Å². The monoisotopic (exact) mass is 649 g/mol. The number of nitrogens with zero attached hydrogens (tertiary/aromatic N) is 5. The van der Waals surface area contributed by atoms with Gasteiger partial charge in [-0.15, -0.1) is 4.68 Å². The normalized spacial score (nSPS) is 16.3. The lowest BCUT2D eigenvalue weighted by Crippen LogP contribution is -2.76. The van der Waals surface area contributed by atoms with E-state index >= 15 is 0 Å². The van der Waals surface area contributed by atoms with Crippen molar-refractivity contribution in [3.63, 3.8) is 0 Å². The molecule has 11 rings (SSSR count). The minimum absolute atomic E-state index is 0.0249. The van der Waals surface area contributed by atoms with Crippen LogP contribution in [0.2, 0.25) is 0 Å². The Kier molecular flexibility index (Phi) is 5.11. The van der Waals surface area contributed by atoms with Gasteiger partial charge in [0.25, 0.3) is 5.82 Å². The Bertz CT molecular complexity index is 2780. The number of para-hydroxylation sites is 1. The Morgan fingerprint density at radius 1 is 0.760 bits per heavy atom. The summed E-state index contributed by atoms with van der Waals surface area (Å²) in [7, 11) is 0. The quantitative estimate of drug-likeness (QED) is 0.176.